The van der Waals surface area contributed by atoms with E-state index in [0.29, 0.717) is 6.54 Å². The molecule has 2 aromatic rings. The molecule has 108 valence electrons. The van der Waals surface area contributed by atoms with Crippen LogP contribution in [0.1, 0.15) is 26.9 Å². The highest BCUT2D eigenvalue weighted by Gasteiger charge is 2.19. The normalized spacial score (nSPS) is 11.6. The van der Waals surface area contributed by atoms with Crippen molar-refractivity contribution in [3.63, 3.8) is 0 Å². The minimum atomic E-state index is -0.517. The predicted molar refractivity (Wildman–Crippen MR) is 73.1 cm³/mol. The number of nitrogens with zero attached hydrogens (tertiary/aromatic N) is 4. The third-order valence-electron chi connectivity index (χ3n) is 2.49. The van der Waals surface area contributed by atoms with Crippen LogP contribution in [0.5, 0.6) is 0 Å². The first-order valence-corrected chi connectivity index (χ1v) is 6.41. The van der Waals surface area contributed by atoms with Crippen LogP contribution in [0.4, 0.5) is 4.79 Å². The van der Waals surface area contributed by atoms with E-state index in [1.165, 1.54) is 0 Å². The van der Waals surface area contributed by atoms with Gasteiger partial charge < -0.3 is 10.1 Å². The second kappa shape index (κ2) is 5.77. The zero-order chi connectivity index (χ0) is 14.6. The summed E-state index contributed by atoms with van der Waals surface area (Å²) in [4.78, 5) is 11.7. The molecule has 0 aliphatic rings. The molecular weight excluding hydrogens is 258 g/mol. The Morgan fingerprint density at radius 2 is 1.75 bits per heavy atom. The van der Waals surface area contributed by atoms with Gasteiger partial charge in [-0.05, 0) is 32.9 Å². The maximum absolute atomic E-state index is 11.7. The second-order valence-corrected chi connectivity index (χ2v) is 5.34. The first kappa shape index (κ1) is 14.1. The maximum Gasteiger partial charge on any atom is 0.407 e. The lowest BCUT2D eigenvalue weighted by Crippen LogP contribution is -2.38. The molecule has 7 heteroatoms. The third-order valence-corrected chi connectivity index (χ3v) is 2.49. The minimum absolute atomic E-state index is 0.229. The van der Waals surface area contributed by atoms with E-state index in [-0.39, 0.29) is 6.17 Å². The topological polar surface area (TPSA) is 74.0 Å². The number of hydrogen-bond donors (Lipinski definition) is 1. The Bertz CT molecular complexity index is 493. The minimum Gasteiger partial charge on any atom is -0.444 e. The van der Waals surface area contributed by atoms with Crippen LogP contribution in [0.25, 0.3) is 0 Å². The largest absolute Gasteiger partial charge is 0.444 e. The highest BCUT2D eigenvalue weighted by Crippen LogP contribution is 2.09. The molecule has 1 N–H and O–H groups in total. The smallest absolute Gasteiger partial charge is 0.407 e. The summed E-state index contributed by atoms with van der Waals surface area (Å²) in [6.07, 6.45) is 6.33. The van der Waals surface area contributed by atoms with Gasteiger partial charge in [0.2, 0.25) is 0 Å². The summed E-state index contributed by atoms with van der Waals surface area (Å²) in [7, 11) is 0. The highest BCUT2D eigenvalue weighted by atomic mass is 16.6. The van der Waals surface area contributed by atoms with Crippen molar-refractivity contribution in [3.05, 3.63) is 36.9 Å². The predicted octanol–water partition coefficient (Wildman–Crippen LogP) is 1.65. The summed E-state index contributed by atoms with van der Waals surface area (Å²) in [6.45, 7) is 5.81. The van der Waals surface area contributed by atoms with Gasteiger partial charge in [0.05, 0.1) is 6.54 Å². The average molecular weight is 277 g/mol. The molecule has 0 unspecified atom stereocenters. The molecule has 0 bridgehead atoms. The zero-order valence-corrected chi connectivity index (χ0v) is 11.9. The Hall–Kier alpha value is -2.31. The van der Waals surface area contributed by atoms with Crippen molar-refractivity contribution in [1.82, 2.24) is 24.9 Å². The fourth-order valence-corrected chi connectivity index (χ4v) is 1.71. The van der Waals surface area contributed by atoms with E-state index in [0.717, 1.165) is 0 Å². The van der Waals surface area contributed by atoms with Crippen LogP contribution in [0.2, 0.25) is 0 Å². The maximum atomic E-state index is 11.7. The summed E-state index contributed by atoms with van der Waals surface area (Å²) in [5, 5.41) is 11.1. The van der Waals surface area contributed by atoms with Gasteiger partial charge in [-0.3, -0.25) is 0 Å². The lowest BCUT2D eigenvalue weighted by atomic mass is 10.2. The number of carbonyl (C=O) groups is 1. The number of ether oxygens (including phenoxy) is 1. The first-order valence-electron chi connectivity index (χ1n) is 6.41. The van der Waals surface area contributed by atoms with Gasteiger partial charge in [-0.25, -0.2) is 14.2 Å². The Kier molecular flexibility index (Phi) is 4.07. The van der Waals surface area contributed by atoms with E-state index >= 15 is 0 Å². The molecule has 0 radical (unpaired) electrons. The van der Waals surface area contributed by atoms with Gasteiger partial charge in [-0.1, -0.05) is 0 Å². The van der Waals surface area contributed by atoms with E-state index in [2.05, 4.69) is 15.5 Å². The molecule has 2 aromatic heterocycles. The molecule has 0 aliphatic heterocycles. The molecule has 0 saturated heterocycles. The van der Waals surface area contributed by atoms with Crippen LogP contribution in [0.15, 0.2) is 36.9 Å². The molecule has 20 heavy (non-hydrogen) atoms. The molecule has 0 fully saturated rings. The summed E-state index contributed by atoms with van der Waals surface area (Å²) in [6, 6.07) is 3.65. The Morgan fingerprint density at radius 1 is 1.20 bits per heavy atom. The van der Waals surface area contributed by atoms with Crippen molar-refractivity contribution in [2.45, 2.75) is 32.5 Å². The van der Waals surface area contributed by atoms with Gasteiger partial charge in [-0.2, -0.15) is 10.2 Å². The number of rotatable bonds is 4. The van der Waals surface area contributed by atoms with E-state index in [4.69, 9.17) is 4.74 Å². The Balaban J connectivity index is 2.01. The fraction of sp³-hybridized carbons (Fsp3) is 0.462. The Morgan fingerprint density at radius 3 is 2.15 bits per heavy atom. The standard InChI is InChI=1S/C13H19N5O2/c1-13(2,3)20-12(19)14-10-11(17-8-4-6-15-17)18-9-5-7-16-18/h4-9,11H,10H2,1-3H3,(H,14,19). The molecule has 2 rings (SSSR count). The van der Waals surface area contributed by atoms with Gasteiger partial charge in [-0.15, -0.1) is 0 Å². The van der Waals surface area contributed by atoms with Crippen molar-refractivity contribution in [3.8, 4) is 0 Å². The molecule has 0 saturated carbocycles. The molecule has 0 aromatic carbocycles. The number of aromatic nitrogens is 4. The van der Waals surface area contributed by atoms with Crippen molar-refractivity contribution in [1.29, 1.82) is 0 Å². The second-order valence-electron chi connectivity index (χ2n) is 5.34. The molecule has 0 spiro atoms. The van der Waals surface area contributed by atoms with Crippen LogP contribution < -0.4 is 5.32 Å². The van der Waals surface area contributed by atoms with Crippen LogP contribution in [-0.4, -0.2) is 37.8 Å². The van der Waals surface area contributed by atoms with Gasteiger partial charge in [0, 0.05) is 24.8 Å². The zero-order valence-electron chi connectivity index (χ0n) is 11.9. The summed E-state index contributed by atoms with van der Waals surface area (Å²) < 4.78 is 8.67. The van der Waals surface area contributed by atoms with E-state index < -0.39 is 11.7 Å². The Labute approximate surface area is 117 Å². The number of hydrogen-bond acceptors (Lipinski definition) is 4. The molecule has 0 aliphatic carbocycles. The van der Waals surface area contributed by atoms with Gasteiger partial charge >= 0.3 is 6.09 Å². The van der Waals surface area contributed by atoms with Crippen molar-refractivity contribution in [2.24, 2.45) is 0 Å². The summed E-state index contributed by atoms with van der Waals surface area (Å²) in [5.74, 6) is 0. The van der Waals surface area contributed by atoms with Gasteiger partial charge in [0.1, 0.15) is 5.60 Å². The van der Waals surface area contributed by atoms with Gasteiger partial charge in [0.15, 0.2) is 6.17 Å². The van der Waals surface area contributed by atoms with E-state index in [1.54, 1.807) is 21.8 Å². The highest BCUT2D eigenvalue weighted by molar-refractivity contribution is 5.67. The van der Waals surface area contributed by atoms with Crippen molar-refractivity contribution >= 4 is 6.09 Å². The molecule has 2 heterocycles. The molecule has 0 atom stereocenters. The third kappa shape index (κ3) is 3.84. The van der Waals surface area contributed by atoms with E-state index in [9.17, 15) is 4.79 Å². The van der Waals surface area contributed by atoms with Gasteiger partial charge in [0.25, 0.3) is 0 Å². The lowest BCUT2D eigenvalue weighted by Gasteiger charge is -2.22. The lowest BCUT2D eigenvalue weighted by molar-refractivity contribution is 0.0515. The average Bonchev–Trinajstić information content (AvgIpc) is 2.98. The van der Waals surface area contributed by atoms with E-state index in [1.807, 2.05) is 45.3 Å². The number of amides is 1. The van der Waals surface area contributed by atoms with Crippen LogP contribution in [0.3, 0.4) is 0 Å². The number of nitrogens with one attached hydrogen (secondary N) is 1. The quantitative estimate of drug-likeness (QED) is 0.922. The molecular formula is C13H19N5O2. The number of alkyl carbamates (subject to hydrolysis) is 1. The summed E-state index contributed by atoms with van der Waals surface area (Å²) in [5.41, 5.74) is -0.517. The van der Waals surface area contributed by atoms with Crippen LogP contribution >= 0.6 is 0 Å². The van der Waals surface area contributed by atoms with Crippen molar-refractivity contribution in [2.75, 3.05) is 6.54 Å². The molecule has 1 amide bonds. The van der Waals surface area contributed by atoms with Crippen molar-refractivity contribution < 1.29 is 9.53 Å². The first-order chi connectivity index (χ1) is 9.46. The summed E-state index contributed by atoms with van der Waals surface area (Å²) >= 11 is 0. The monoisotopic (exact) mass is 277 g/mol. The van der Waals surface area contributed by atoms with Crippen LogP contribution in [-0.2, 0) is 4.74 Å². The SMILES string of the molecule is CC(C)(C)OC(=O)NCC(n1cccn1)n1cccn1. The molecule has 7 nitrogen and oxygen atoms in total. The fourth-order valence-electron chi connectivity index (χ4n) is 1.71. The number of carbonyl (C=O) groups excluding carboxylic acids is 1. The van der Waals surface area contributed by atoms with Crippen LogP contribution in [0, 0.1) is 0 Å².